The lowest BCUT2D eigenvalue weighted by atomic mass is 10.1. The van der Waals surface area contributed by atoms with Crippen molar-refractivity contribution >= 4 is 17.2 Å². The van der Waals surface area contributed by atoms with Crippen molar-refractivity contribution in [2.75, 3.05) is 19.5 Å². The molecule has 0 atom stereocenters. The molecule has 0 bridgehead atoms. The maximum Gasteiger partial charge on any atom is 0.162 e. The van der Waals surface area contributed by atoms with E-state index < -0.39 is 0 Å². The van der Waals surface area contributed by atoms with Crippen molar-refractivity contribution in [3.05, 3.63) is 60.3 Å². The first-order valence-electron chi connectivity index (χ1n) is 8.74. The van der Waals surface area contributed by atoms with Gasteiger partial charge >= 0.3 is 0 Å². The number of phenols is 1. The Balaban J connectivity index is 1.75. The van der Waals surface area contributed by atoms with Gasteiger partial charge in [0.1, 0.15) is 5.75 Å². The van der Waals surface area contributed by atoms with Gasteiger partial charge in [-0.15, -0.1) is 5.10 Å². The van der Waals surface area contributed by atoms with Gasteiger partial charge in [-0.3, -0.25) is 0 Å². The van der Waals surface area contributed by atoms with E-state index in [1.807, 2.05) is 43.3 Å². The van der Waals surface area contributed by atoms with Crippen LogP contribution in [0.1, 0.15) is 5.69 Å². The number of imidazole rings is 1. The molecule has 0 unspecified atom stereocenters. The van der Waals surface area contributed by atoms with Crippen LogP contribution in [0.15, 0.2) is 54.6 Å². The summed E-state index contributed by atoms with van der Waals surface area (Å²) in [5.74, 6) is 2.14. The molecule has 142 valence electrons. The number of methoxy groups -OCH3 is 2. The number of aromatic nitrogens is 3. The maximum absolute atomic E-state index is 9.83. The lowest BCUT2D eigenvalue weighted by molar-refractivity contribution is 0.355. The number of fused-ring (bicyclic) bond motifs is 1. The fraction of sp³-hybridized carbons (Fsp3) is 0.143. The Bertz CT molecular complexity index is 1150. The largest absolute Gasteiger partial charge is 0.508 e. The van der Waals surface area contributed by atoms with E-state index in [0.29, 0.717) is 17.3 Å². The zero-order valence-electron chi connectivity index (χ0n) is 15.8. The zero-order valence-corrected chi connectivity index (χ0v) is 15.8. The van der Waals surface area contributed by atoms with Crippen LogP contribution in [0.4, 0.5) is 11.5 Å². The average Bonchev–Trinajstić information content (AvgIpc) is 3.03. The van der Waals surface area contributed by atoms with E-state index in [1.165, 1.54) is 0 Å². The molecule has 0 fully saturated rings. The molecule has 2 N–H and O–H groups in total. The van der Waals surface area contributed by atoms with E-state index in [1.54, 1.807) is 36.9 Å². The first-order chi connectivity index (χ1) is 13.6. The van der Waals surface area contributed by atoms with Crippen molar-refractivity contribution < 1.29 is 14.6 Å². The molecular formula is C21H20N4O3. The van der Waals surface area contributed by atoms with E-state index in [9.17, 15) is 5.11 Å². The third kappa shape index (κ3) is 3.18. The molecule has 4 rings (SSSR count). The van der Waals surface area contributed by atoms with Crippen molar-refractivity contribution in [1.29, 1.82) is 0 Å². The lowest BCUT2D eigenvalue weighted by Crippen LogP contribution is -2.01. The predicted molar refractivity (Wildman–Crippen MR) is 108 cm³/mol. The molecule has 2 aromatic carbocycles. The molecule has 0 radical (unpaired) electrons. The van der Waals surface area contributed by atoms with E-state index in [-0.39, 0.29) is 5.75 Å². The highest BCUT2D eigenvalue weighted by molar-refractivity contribution is 5.69. The molecule has 0 spiro atoms. The SMILES string of the molecule is COc1ccc(Nc2ccc3nc(C)c(-c4cccc(O)c4)n3n2)cc1OC. The predicted octanol–water partition coefficient (Wildman–Crippen LogP) is 4.17. The van der Waals surface area contributed by atoms with E-state index in [0.717, 1.165) is 28.3 Å². The number of nitrogens with one attached hydrogen (secondary N) is 1. The Morgan fingerprint density at radius 2 is 1.79 bits per heavy atom. The minimum atomic E-state index is 0.200. The van der Waals surface area contributed by atoms with Gasteiger partial charge < -0.3 is 19.9 Å². The average molecular weight is 376 g/mol. The van der Waals surface area contributed by atoms with Crippen LogP contribution in [0.25, 0.3) is 16.9 Å². The molecule has 0 aliphatic carbocycles. The fourth-order valence-corrected chi connectivity index (χ4v) is 3.16. The van der Waals surface area contributed by atoms with E-state index in [2.05, 4.69) is 15.4 Å². The molecule has 0 saturated heterocycles. The number of rotatable bonds is 5. The highest BCUT2D eigenvalue weighted by Crippen LogP contribution is 2.31. The molecule has 7 nitrogen and oxygen atoms in total. The Morgan fingerprint density at radius 1 is 0.964 bits per heavy atom. The smallest absolute Gasteiger partial charge is 0.162 e. The number of hydrogen-bond acceptors (Lipinski definition) is 6. The highest BCUT2D eigenvalue weighted by atomic mass is 16.5. The summed E-state index contributed by atoms with van der Waals surface area (Å²) >= 11 is 0. The molecule has 2 aromatic heterocycles. The molecular weight excluding hydrogens is 356 g/mol. The van der Waals surface area contributed by atoms with Crippen LogP contribution >= 0.6 is 0 Å². The Morgan fingerprint density at radius 3 is 2.54 bits per heavy atom. The summed E-state index contributed by atoms with van der Waals surface area (Å²) in [6, 6.07) is 16.4. The van der Waals surface area contributed by atoms with Crippen LogP contribution in [0.2, 0.25) is 0 Å². The zero-order chi connectivity index (χ0) is 19.7. The molecule has 4 aromatic rings. The number of aryl methyl sites for hydroxylation is 1. The van der Waals surface area contributed by atoms with Gasteiger partial charge in [0.15, 0.2) is 23.0 Å². The number of anilines is 2. The number of benzene rings is 2. The molecule has 0 aliphatic rings. The van der Waals surface area contributed by atoms with Gasteiger partial charge in [-0.2, -0.15) is 0 Å². The Hall–Kier alpha value is -3.74. The topological polar surface area (TPSA) is 80.9 Å². The number of phenolic OH excluding ortho intramolecular Hbond substituents is 1. The first kappa shape index (κ1) is 17.7. The summed E-state index contributed by atoms with van der Waals surface area (Å²) < 4.78 is 12.4. The van der Waals surface area contributed by atoms with Crippen LogP contribution < -0.4 is 14.8 Å². The summed E-state index contributed by atoms with van der Waals surface area (Å²) in [6.45, 7) is 1.93. The second-order valence-electron chi connectivity index (χ2n) is 6.28. The Labute approximate surface area is 162 Å². The number of hydrogen-bond donors (Lipinski definition) is 2. The van der Waals surface area contributed by atoms with Crippen LogP contribution in [-0.2, 0) is 0 Å². The monoisotopic (exact) mass is 376 g/mol. The molecule has 0 amide bonds. The molecule has 2 heterocycles. The Kier molecular flexibility index (Phi) is 4.49. The van der Waals surface area contributed by atoms with E-state index >= 15 is 0 Å². The van der Waals surface area contributed by atoms with Crippen molar-refractivity contribution in [3.8, 4) is 28.5 Å². The van der Waals surface area contributed by atoms with Crippen LogP contribution in [0, 0.1) is 6.92 Å². The van der Waals surface area contributed by atoms with Crippen LogP contribution in [-0.4, -0.2) is 33.9 Å². The normalized spacial score (nSPS) is 10.8. The third-order valence-corrected chi connectivity index (χ3v) is 4.43. The van der Waals surface area contributed by atoms with Crippen LogP contribution in [0.3, 0.4) is 0 Å². The number of nitrogens with zero attached hydrogens (tertiary/aromatic N) is 3. The molecule has 0 aliphatic heterocycles. The van der Waals surface area contributed by atoms with Gasteiger partial charge in [0.2, 0.25) is 0 Å². The van der Waals surface area contributed by atoms with E-state index in [4.69, 9.17) is 9.47 Å². The molecule has 0 saturated carbocycles. The third-order valence-electron chi connectivity index (χ3n) is 4.43. The maximum atomic E-state index is 9.83. The highest BCUT2D eigenvalue weighted by Gasteiger charge is 2.13. The number of ether oxygens (including phenoxy) is 2. The molecule has 28 heavy (non-hydrogen) atoms. The first-order valence-corrected chi connectivity index (χ1v) is 8.74. The minimum absolute atomic E-state index is 0.200. The van der Waals surface area contributed by atoms with Gasteiger partial charge in [-0.05, 0) is 43.3 Å². The number of aromatic hydroxyl groups is 1. The second-order valence-corrected chi connectivity index (χ2v) is 6.28. The van der Waals surface area contributed by atoms with Gasteiger partial charge in [0.05, 0.1) is 25.6 Å². The molecule has 7 heteroatoms. The van der Waals surface area contributed by atoms with Gasteiger partial charge in [-0.1, -0.05) is 12.1 Å². The second kappa shape index (κ2) is 7.11. The fourth-order valence-electron chi connectivity index (χ4n) is 3.16. The standard InChI is InChI=1S/C21H20N4O3/c1-13-21(14-5-4-6-16(26)11-14)25-20(22-13)10-9-19(24-25)23-15-7-8-17(27-2)18(12-15)28-3/h4-12,26H,1-3H3,(H,23,24). The van der Waals surface area contributed by atoms with Crippen LogP contribution in [0.5, 0.6) is 17.2 Å². The van der Waals surface area contributed by atoms with Crippen molar-refractivity contribution in [2.24, 2.45) is 0 Å². The van der Waals surface area contributed by atoms with Gasteiger partial charge in [0, 0.05) is 17.3 Å². The van der Waals surface area contributed by atoms with Crippen molar-refractivity contribution in [2.45, 2.75) is 6.92 Å². The minimum Gasteiger partial charge on any atom is -0.508 e. The van der Waals surface area contributed by atoms with Gasteiger partial charge in [-0.25, -0.2) is 9.50 Å². The van der Waals surface area contributed by atoms with Crippen molar-refractivity contribution in [1.82, 2.24) is 14.6 Å². The lowest BCUT2D eigenvalue weighted by Gasteiger charge is -2.11. The summed E-state index contributed by atoms with van der Waals surface area (Å²) in [6.07, 6.45) is 0. The van der Waals surface area contributed by atoms with Gasteiger partial charge in [0.25, 0.3) is 0 Å². The quantitative estimate of drug-likeness (QED) is 0.544. The summed E-state index contributed by atoms with van der Waals surface area (Å²) in [4.78, 5) is 4.57. The summed E-state index contributed by atoms with van der Waals surface area (Å²) in [5.41, 5.74) is 4.07. The van der Waals surface area contributed by atoms with Crippen molar-refractivity contribution in [3.63, 3.8) is 0 Å². The summed E-state index contributed by atoms with van der Waals surface area (Å²) in [5, 5.41) is 17.8. The summed E-state index contributed by atoms with van der Waals surface area (Å²) in [7, 11) is 3.20.